The van der Waals surface area contributed by atoms with Gasteiger partial charge in [0.25, 0.3) is 11.6 Å². The third kappa shape index (κ3) is 8.67. The molecule has 0 aromatic heterocycles. The van der Waals surface area contributed by atoms with Gasteiger partial charge in [0.1, 0.15) is 0 Å². The zero-order valence-corrected chi connectivity index (χ0v) is 18.4. The zero-order valence-electron chi connectivity index (χ0n) is 18.4. The molecule has 0 radical (unpaired) electrons. The van der Waals surface area contributed by atoms with Crippen LogP contribution in [0.25, 0.3) is 0 Å². The van der Waals surface area contributed by atoms with Gasteiger partial charge in [0.15, 0.2) is 0 Å². The van der Waals surface area contributed by atoms with Crippen molar-refractivity contribution in [3.63, 3.8) is 0 Å². The molecule has 2 N–H and O–H groups in total. The number of amides is 2. The molecular formula is C24H30N4O4. The maximum Gasteiger partial charge on any atom is 0.273 e. The Bertz CT molecular complexity index is 943. The first kappa shape index (κ1) is 24.7. The quantitative estimate of drug-likeness (QED) is 0.188. The number of non-ortho nitro benzene ring substituents is 1. The van der Waals surface area contributed by atoms with E-state index in [0.717, 1.165) is 19.3 Å². The molecule has 0 heterocycles. The highest BCUT2D eigenvalue weighted by Crippen LogP contribution is 2.16. The van der Waals surface area contributed by atoms with Crippen LogP contribution in [-0.4, -0.2) is 23.0 Å². The van der Waals surface area contributed by atoms with Crippen LogP contribution in [0.4, 0.5) is 11.4 Å². The van der Waals surface area contributed by atoms with Gasteiger partial charge in [-0.2, -0.15) is 5.10 Å². The third-order valence-electron chi connectivity index (χ3n) is 4.91. The van der Waals surface area contributed by atoms with Gasteiger partial charge >= 0.3 is 0 Å². The van der Waals surface area contributed by atoms with Gasteiger partial charge in [-0.25, -0.2) is 5.43 Å². The molecule has 0 aliphatic heterocycles. The molecule has 0 aliphatic carbocycles. The van der Waals surface area contributed by atoms with Crippen LogP contribution in [0.1, 0.15) is 74.2 Å². The second-order valence-corrected chi connectivity index (χ2v) is 7.52. The molecule has 2 rings (SSSR count). The molecule has 0 fully saturated rings. The van der Waals surface area contributed by atoms with Gasteiger partial charge in [-0.15, -0.1) is 0 Å². The fraction of sp³-hybridized carbons (Fsp3) is 0.375. The largest absolute Gasteiger partial charge is 0.325 e. The van der Waals surface area contributed by atoms with Gasteiger partial charge in [0.05, 0.1) is 22.4 Å². The van der Waals surface area contributed by atoms with Gasteiger partial charge in [-0.1, -0.05) is 69.7 Å². The summed E-state index contributed by atoms with van der Waals surface area (Å²) in [5.74, 6) is -0.614. The Morgan fingerprint density at radius 1 is 1.00 bits per heavy atom. The molecule has 0 aliphatic rings. The van der Waals surface area contributed by atoms with Crippen molar-refractivity contribution >= 4 is 29.4 Å². The molecule has 8 nitrogen and oxygen atoms in total. The number of nitro benzene ring substituents is 1. The summed E-state index contributed by atoms with van der Waals surface area (Å²) < 4.78 is 0. The summed E-state index contributed by atoms with van der Waals surface area (Å²) >= 11 is 0. The van der Waals surface area contributed by atoms with Crippen LogP contribution in [0.2, 0.25) is 0 Å². The van der Waals surface area contributed by atoms with E-state index in [-0.39, 0.29) is 17.2 Å². The van der Waals surface area contributed by atoms with E-state index in [1.54, 1.807) is 30.3 Å². The lowest BCUT2D eigenvalue weighted by molar-refractivity contribution is -0.384. The highest BCUT2D eigenvalue weighted by atomic mass is 16.6. The summed E-state index contributed by atoms with van der Waals surface area (Å²) in [6.07, 6.45) is 9.63. The van der Waals surface area contributed by atoms with Crippen LogP contribution >= 0.6 is 0 Å². The highest BCUT2D eigenvalue weighted by molar-refractivity contribution is 6.03. The monoisotopic (exact) mass is 438 g/mol. The number of rotatable bonds is 13. The van der Waals surface area contributed by atoms with Crippen LogP contribution in [0.15, 0.2) is 53.6 Å². The lowest BCUT2D eigenvalue weighted by Gasteiger charge is -2.10. The second-order valence-electron chi connectivity index (χ2n) is 7.52. The number of nitrogens with zero attached hydrogens (tertiary/aromatic N) is 2. The standard InChI is InChI=1S/C24H30N4O4/c1-2-3-4-5-6-7-8-16-23(29)26-22-15-10-9-14-21(22)24(30)27-25-18-19-12-11-13-20(17-19)28(31)32/h9-15,17-18H,2-8,16H2,1H3,(H,26,29)(H,27,30)/b25-18+. The first-order valence-corrected chi connectivity index (χ1v) is 11.0. The Kier molecular flexibility index (Phi) is 10.6. The lowest BCUT2D eigenvalue weighted by atomic mass is 10.1. The van der Waals surface area contributed by atoms with E-state index in [2.05, 4.69) is 22.8 Å². The van der Waals surface area contributed by atoms with Gasteiger partial charge in [-0.3, -0.25) is 19.7 Å². The number of nitro groups is 1. The zero-order chi connectivity index (χ0) is 23.2. The maximum absolute atomic E-state index is 12.5. The molecule has 2 aromatic rings. The van der Waals surface area contributed by atoms with Crippen LogP contribution < -0.4 is 10.7 Å². The van der Waals surface area contributed by atoms with E-state index >= 15 is 0 Å². The lowest BCUT2D eigenvalue weighted by Crippen LogP contribution is -2.21. The topological polar surface area (TPSA) is 114 Å². The van der Waals surface area contributed by atoms with Gasteiger partial charge < -0.3 is 5.32 Å². The number of carbonyl (C=O) groups excluding carboxylic acids is 2. The second kappa shape index (κ2) is 13.7. The van der Waals surface area contributed by atoms with Crippen molar-refractivity contribution in [1.82, 2.24) is 5.43 Å². The normalized spacial score (nSPS) is 10.8. The molecular weight excluding hydrogens is 408 g/mol. The first-order chi connectivity index (χ1) is 15.5. The molecule has 0 bridgehead atoms. The fourth-order valence-electron chi connectivity index (χ4n) is 3.19. The van der Waals surface area contributed by atoms with Gasteiger partial charge in [0, 0.05) is 24.1 Å². The minimum absolute atomic E-state index is 0.0608. The number of benzene rings is 2. The number of para-hydroxylation sites is 1. The molecule has 2 amide bonds. The summed E-state index contributed by atoms with van der Waals surface area (Å²) in [6.45, 7) is 2.19. The van der Waals surface area contributed by atoms with Crippen LogP contribution in [-0.2, 0) is 4.79 Å². The first-order valence-electron chi connectivity index (χ1n) is 11.0. The van der Waals surface area contributed by atoms with Gasteiger partial charge in [0.2, 0.25) is 5.91 Å². The molecule has 2 aromatic carbocycles. The predicted molar refractivity (Wildman–Crippen MR) is 126 cm³/mol. The average molecular weight is 439 g/mol. The minimum atomic E-state index is -0.499. The van der Waals surface area contributed by atoms with Crippen molar-refractivity contribution in [2.24, 2.45) is 5.10 Å². The van der Waals surface area contributed by atoms with Crippen molar-refractivity contribution in [2.75, 3.05) is 5.32 Å². The van der Waals surface area contributed by atoms with Crippen molar-refractivity contribution < 1.29 is 14.5 Å². The van der Waals surface area contributed by atoms with E-state index in [4.69, 9.17) is 0 Å². The number of hydrazone groups is 1. The molecule has 170 valence electrons. The summed E-state index contributed by atoms with van der Waals surface area (Å²) in [4.78, 5) is 35.1. The predicted octanol–water partition coefficient (Wildman–Crippen LogP) is 5.44. The molecule has 0 unspecified atom stereocenters. The van der Waals surface area contributed by atoms with Crippen LogP contribution in [0.5, 0.6) is 0 Å². The molecule has 0 spiro atoms. The SMILES string of the molecule is CCCCCCCCCC(=O)Nc1ccccc1C(=O)N/N=C/c1cccc([N+](=O)[O-])c1. The van der Waals surface area contributed by atoms with Crippen molar-refractivity contribution in [3.05, 3.63) is 69.8 Å². The third-order valence-corrected chi connectivity index (χ3v) is 4.91. The smallest absolute Gasteiger partial charge is 0.273 e. The van der Waals surface area contributed by atoms with Gasteiger partial charge in [-0.05, 0) is 18.6 Å². The summed E-state index contributed by atoms with van der Waals surface area (Å²) in [5.41, 5.74) is 3.53. The molecule has 32 heavy (non-hydrogen) atoms. The van der Waals surface area contributed by atoms with Crippen molar-refractivity contribution in [3.8, 4) is 0 Å². The summed E-state index contributed by atoms with van der Waals surface area (Å²) in [6, 6.07) is 12.6. The Morgan fingerprint density at radius 3 is 2.47 bits per heavy atom. The van der Waals surface area contributed by atoms with E-state index < -0.39 is 10.8 Å². The van der Waals surface area contributed by atoms with Crippen molar-refractivity contribution in [2.45, 2.75) is 58.3 Å². The average Bonchev–Trinajstić information content (AvgIpc) is 2.79. The van der Waals surface area contributed by atoms with E-state index in [1.807, 2.05) is 0 Å². The molecule has 0 saturated carbocycles. The summed E-state index contributed by atoms with van der Waals surface area (Å²) in [7, 11) is 0. The molecule has 8 heteroatoms. The Morgan fingerprint density at radius 2 is 1.72 bits per heavy atom. The summed E-state index contributed by atoms with van der Waals surface area (Å²) in [5, 5.41) is 17.5. The number of carbonyl (C=O) groups is 2. The number of hydrogen-bond donors (Lipinski definition) is 2. The number of anilines is 1. The number of hydrogen-bond acceptors (Lipinski definition) is 5. The Balaban J connectivity index is 1.86. The number of unbranched alkanes of at least 4 members (excludes halogenated alkanes) is 6. The van der Waals surface area contributed by atoms with E-state index in [9.17, 15) is 19.7 Å². The van der Waals surface area contributed by atoms with Crippen LogP contribution in [0, 0.1) is 10.1 Å². The van der Waals surface area contributed by atoms with E-state index in [1.165, 1.54) is 50.1 Å². The Hall–Kier alpha value is -3.55. The van der Waals surface area contributed by atoms with E-state index in [0.29, 0.717) is 17.7 Å². The Labute approximate surface area is 188 Å². The molecule has 0 saturated heterocycles. The maximum atomic E-state index is 12.5. The number of nitrogens with one attached hydrogen (secondary N) is 2. The van der Waals surface area contributed by atoms with Crippen LogP contribution in [0.3, 0.4) is 0 Å². The molecule has 0 atom stereocenters. The fourth-order valence-corrected chi connectivity index (χ4v) is 3.19. The minimum Gasteiger partial charge on any atom is -0.325 e. The highest BCUT2D eigenvalue weighted by Gasteiger charge is 2.12. The van der Waals surface area contributed by atoms with Crippen molar-refractivity contribution in [1.29, 1.82) is 0 Å².